The lowest BCUT2D eigenvalue weighted by Crippen LogP contribution is -2.40. The number of nitrogens with zero attached hydrogens (tertiary/aromatic N) is 1. The lowest BCUT2D eigenvalue weighted by Gasteiger charge is -2.23. The number of nitrogens with one attached hydrogen (secondary N) is 1. The van der Waals surface area contributed by atoms with Crippen molar-refractivity contribution >= 4 is 16.9 Å². The molecule has 3 atom stereocenters. The Hall–Kier alpha value is -0.340. The van der Waals surface area contributed by atoms with Crippen LogP contribution >= 0.6 is 11.8 Å². The number of aliphatic hydroxyl groups excluding tert-OH is 3. The van der Waals surface area contributed by atoms with Crippen molar-refractivity contribution in [2.45, 2.75) is 32.2 Å². The van der Waals surface area contributed by atoms with Gasteiger partial charge in [0.05, 0.1) is 25.9 Å². The van der Waals surface area contributed by atoms with Crippen molar-refractivity contribution in [2.75, 3.05) is 32.6 Å². The van der Waals surface area contributed by atoms with Crippen LogP contribution in [0.5, 0.6) is 0 Å². The van der Waals surface area contributed by atoms with Gasteiger partial charge in [0.25, 0.3) is 0 Å². The molecule has 0 bridgehead atoms. The minimum atomic E-state index is -1.09. The SMILES string of the molecule is CCNC(=NCCO[C@H](CO)[C@@H](O)[C@@H](C)O)SC. The molecule has 0 fully saturated rings. The predicted molar refractivity (Wildman–Crippen MR) is 74.0 cm³/mol. The Labute approximate surface area is 112 Å². The summed E-state index contributed by atoms with van der Waals surface area (Å²) in [6.45, 7) is 4.63. The zero-order valence-corrected chi connectivity index (χ0v) is 12.0. The van der Waals surface area contributed by atoms with Gasteiger partial charge in [0, 0.05) is 6.54 Å². The number of hydrogen-bond donors (Lipinski definition) is 4. The molecule has 18 heavy (non-hydrogen) atoms. The molecule has 0 spiro atoms. The number of rotatable bonds is 8. The van der Waals surface area contributed by atoms with Gasteiger partial charge in [-0.1, -0.05) is 11.8 Å². The molecule has 0 unspecified atom stereocenters. The summed E-state index contributed by atoms with van der Waals surface area (Å²) in [7, 11) is 0. The molecule has 0 amide bonds. The fraction of sp³-hybridized carbons (Fsp3) is 0.909. The van der Waals surface area contributed by atoms with E-state index in [4.69, 9.17) is 9.84 Å². The summed E-state index contributed by atoms with van der Waals surface area (Å²) in [5.41, 5.74) is 0. The van der Waals surface area contributed by atoms with E-state index in [0.29, 0.717) is 6.54 Å². The summed E-state index contributed by atoms with van der Waals surface area (Å²) < 4.78 is 5.28. The van der Waals surface area contributed by atoms with Crippen molar-refractivity contribution < 1.29 is 20.1 Å². The van der Waals surface area contributed by atoms with Gasteiger partial charge >= 0.3 is 0 Å². The molecule has 0 radical (unpaired) electrons. The van der Waals surface area contributed by atoms with Gasteiger partial charge in [0.15, 0.2) is 5.17 Å². The maximum atomic E-state index is 9.54. The van der Waals surface area contributed by atoms with E-state index in [-0.39, 0.29) is 13.2 Å². The molecule has 6 nitrogen and oxygen atoms in total. The van der Waals surface area contributed by atoms with Crippen LogP contribution in [0.25, 0.3) is 0 Å². The second-order valence-corrected chi connectivity index (χ2v) is 4.54. The van der Waals surface area contributed by atoms with Crippen molar-refractivity contribution in [1.29, 1.82) is 0 Å². The van der Waals surface area contributed by atoms with Crippen LogP contribution in [0.2, 0.25) is 0 Å². The molecule has 0 aliphatic rings. The summed E-state index contributed by atoms with van der Waals surface area (Å²) in [5, 5.41) is 31.7. The quantitative estimate of drug-likeness (QED) is 0.270. The monoisotopic (exact) mass is 280 g/mol. The third kappa shape index (κ3) is 7.17. The fourth-order valence-electron chi connectivity index (χ4n) is 1.27. The Morgan fingerprint density at radius 3 is 2.56 bits per heavy atom. The normalized spacial score (nSPS) is 17.3. The van der Waals surface area contributed by atoms with Gasteiger partial charge in [-0.05, 0) is 20.1 Å². The van der Waals surface area contributed by atoms with Gasteiger partial charge in [-0.25, -0.2) is 0 Å². The van der Waals surface area contributed by atoms with E-state index in [0.717, 1.165) is 11.7 Å². The molecule has 0 aromatic heterocycles. The van der Waals surface area contributed by atoms with Gasteiger partial charge in [-0.2, -0.15) is 0 Å². The summed E-state index contributed by atoms with van der Waals surface area (Å²) in [6, 6.07) is 0. The van der Waals surface area contributed by atoms with Crippen molar-refractivity contribution in [1.82, 2.24) is 5.32 Å². The molecule has 0 aliphatic carbocycles. The van der Waals surface area contributed by atoms with Crippen LogP contribution in [0.3, 0.4) is 0 Å². The lowest BCUT2D eigenvalue weighted by molar-refractivity contribution is -0.100. The summed E-state index contributed by atoms with van der Waals surface area (Å²) in [5.74, 6) is 0. The largest absolute Gasteiger partial charge is 0.394 e. The Kier molecular flexibility index (Phi) is 10.4. The summed E-state index contributed by atoms with van der Waals surface area (Å²) in [4.78, 5) is 4.26. The van der Waals surface area contributed by atoms with Crippen LogP contribution < -0.4 is 5.32 Å². The van der Waals surface area contributed by atoms with Crippen LogP contribution in [0.1, 0.15) is 13.8 Å². The second-order valence-electron chi connectivity index (χ2n) is 3.74. The van der Waals surface area contributed by atoms with Crippen molar-refractivity contribution in [3.05, 3.63) is 0 Å². The molecular formula is C11H24N2O4S. The predicted octanol–water partition coefficient (Wildman–Crippen LogP) is -0.566. The van der Waals surface area contributed by atoms with E-state index in [2.05, 4.69) is 10.3 Å². The smallest absolute Gasteiger partial charge is 0.156 e. The third-order valence-corrected chi connectivity index (χ3v) is 2.92. The molecule has 0 rings (SSSR count). The summed E-state index contributed by atoms with van der Waals surface area (Å²) in [6.07, 6.45) is -0.880. The second kappa shape index (κ2) is 10.6. The minimum absolute atomic E-state index is 0.282. The Balaban J connectivity index is 4.00. The summed E-state index contributed by atoms with van der Waals surface area (Å²) >= 11 is 1.51. The maximum Gasteiger partial charge on any atom is 0.156 e. The maximum absolute atomic E-state index is 9.54. The minimum Gasteiger partial charge on any atom is -0.394 e. The molecule has 0 saturated carbocycles. The van der Waals surface area contributed by atoms with Gasteiger partial charge < -0.3 is 25.4 Å². The lowest BCUT2D eigenvalue weighted by atomic mass is 10.1. The van der Waals surface area contributed by atoms with Gasteiger partial charge in [-0.3, -0.25) is 4.99 Å². The fourth-order valence-corrected chi connectivity index (χ4v) is 1.77. The van der Waals surface area contributed by atoms with E-state index in [1.54, 1.807) is 0 Å². The standard InChI is InChI=1S/C11H24N2O4S/c1-4-12-11(18-3)13-5-6-17-9(7-14)10(16)8(2)15/h8-10,14-16H,4-7H2,1-3H3,(H,12,13)/t8-,9-,10+/m1/s1. The highest BCUT2D eigenvalue weighted by atomic mass is 32.2. The molecule has 0 aliphatic heterocycles. The first-order chi connectivity index (χ1) is 8.56. The molecule has 0 saturated heterocycles. The van der Waals surface area contributed by atoms with Gasteiger partial charge in [0.1, 0.15) is 12.2 Å². The van der Waals surface area contributed by atoms with Crippen LogP contribution in [-0.2, 0) is 4.74 Å². The van der Waals surface area contributed by atoms with Crippen LogP contribution in [0.15, 0.2) is 4.99 Å². The molecular weight excluding hydrogens is 256 g/mol. The van der Waals surface area contributed by atoms with E-state index < -0.39 is 18.3 Å². The molecule has 0 aromatic carbocycles. The molecule has 0 heterocycles. The first-order valence-electron chi connectivity index (χ1n) is 5.97. The topological polar surface area (TPSA) is 94.3 Å². The third-order valence-electron chi connectivity index (χ3n) is 2.26. The van der Waals surface area contributed by atoms with Crippen molar-refractivity contribution in [2.24, 2.45) is 4.99 Å². The highest BCUT2D eigenvalue weighted by molar-refractivity contribution is 8.13. The number of aliphatic imine (C=N–C) groups is 1. The molecule has 7 heteroatoms. The highest BCUT2D eigenvalue weighted by Gasteiger charge is 2.23. The highest BCUT2D eigenvalue weighted by Crippen LogP contribution is 2.04. The Morgan fingerprint density at radius 1 is 1.44 bits per heavy atom. The van der Waals surface area contributed by atoms with E-state index in [1.807, 2.05) is 13.2 Å². The van der Waals surface area contributed by atoms with Gasteiger partial charge in [-0.15, -0.1) is 0 Å². The zero-order valence-electron chi connectivity index (χ0n) is 11.2. The zero-order chi connectivity index (χ0) is 14.0. The van der Waals surface area contributed by atoms with E-state index in [1.165, 1.54) is 18.7 Å². The Bertz CT molecular complexity index is 239. The average Bonchev–Trinajstić information content (AvgIpc) is 2.36. The number of ether oxygens (including phenoxy) is 1. The molecule has 108 valence electrons. The average molecular weight is 280 g/mol. The van der Waals surface area contributed by atoms with E-state index >= 15 is 0 Å². The first kappa shape index (κ1) is 17.7. The Morgan fingerprint density at radius 2 is 2.11 bits per heavy atom. The number of aliphatic hydroxyl groups is 3. The number of thioether (sulfide) groups is 1. The van der Waals surface area contributed by atoms with Crippen LogP contribution in [0.4, 0.5) is 0 Å². The number of hydrogen-bond acceptors (Lipinski definition) is 6. The first-order valence-corrected chi connectivity index (χ1v) is 7.20. The van der Waals surface area contributed by atoms with Crippen molar-refractivity contribution in [3.8, 4) is 0 Å². The molecule has 4 N–H and O–H groups in total. The van der Waals surface area contributed by atoms with Crippen LogP contribution in [-0.4, -0.2) is 71.4 Å². The van der Waals surface area contributed by atoms with Gasteiger partial charge in [0.2, 0.25) is 0 Å². The van der Waals surface area contributed by atoms with E-state index in [9.17, 15) is 10.2 Å². The molecule has 0 aromatic rings. The van der Waals surface area contributed by atoms with Crippen molar-refractivity contribution in [3.63, 3.8) is 0 Å². The number of amidine groups is 1. The van der Waals surface area contributed by atoms with Crippen LogP contribution in [0, 0.1) is 0 Å².